The molecule has 0 radical (unpaired) electrons. The van der Waals surface area contributed by atoms with Gasteiger partial charge >= 0.3 is 0 Å². The summed E-state index contributed by atoms with van der Waals surface area (Å²) in [4.78, 5) is 4.89. The summed E-state index contributed by atoms with van der Waals surface area (Å²) >= 11 is 0. The Kier molecular flexibility index (Phi) is 3.78. The largest absolute Gasteiger partial charge is 0.379 e. The molecule has 2 aliphatic heterocycles. The van der Waals surface area contributed by atoms with Crippen LogP contribution in [0.15, 0.2) is 6.07 Å². The second-order valence-corrected chi connectivity index (χ2v) is 5.09. The van der Waals surface area contributed by atoms with Crippen LogP contribution in [0.5, 0.6) is 0 Å². The summed E-state index contributed by atoms with van der Waals surface area (Å²) in [5.74, 6) is 0. The van der Waals surface area contributed by atoms with Gasteiger partial charge in [-0.25, -0.2) is 0 Å². The van der Waals surface area contributed by atoms with Crippen molar-refractivity contribution in [2.75, 3.05) is 45.9 Å². The fourth-order valence-corrected chi connectivity index (χ4v) is 2.67. The average molecular weight is 261 g/mol. The van der Waals surface area contributed by atoms with Gasteiger partial charge in [-0.05, 0) is 6.07 Å². The third-order valence-corrected chi connectivity index (χ3v) is 3.83. The molecule has 1 fully saturated rings. The number of rotatable bonds is 3. The second-order valence-electron chi connectivity index (χ2n) is 5.09. The van der Waals surface area contributed by atoms with E-state index in [1.54, 1.807) is 0 Å². The molecule has 0 unspecified atom stereocenters. The topological polar surface area (TPSA) is 57.3 Å². The van der Waals surface area contributed by atoms with Gasteiger partial charge in [0.2, 0.25) is 0 Å². The lowest BCUT2D eigenvalue weighted by Gasteiger charge is -2.32. The van der Waals surface area contributed by atoms with E-state index in [0.29, 0.717) is 5.69 Å². The van der Waals surface area contributed by atoms with Crippen molar-refractivity contribution in [3.63, 3.8) is 0 Å². The van der Waals surface area contributed by atoms with E-state index in [1.165, 1.54) is 0 Å². The predicted molar refractivity (Wildman–Crippen MR) is 69.5 cm³/mol. The van der Waals surface area contributed by atoms with Crippen molar-refractivity contribution in [1.29, 1.82) is 5.26 Å². The number of aromatic nitrogens is 2. The Morgan fingerprint density at radius 3 is 2.74 bits per heavy atom. The molecular weight excluding hydrogens is 242 g/mol. The normalized spacial score (nSPS) is 21.0. The van der Waals surface area contributed by atoms with Gasteiger partial charge in [-0.1, -0.05) is 0 Å². The molecule has 1 aromatic heterocycles. The van der Waals surface area contributed by atoms with Crippen molar-refractivity contribution >= 4 is 0 Å². The van der Waals surface area contributed by atoms with Gasteiger partial charge in [0.05, 0.1) is 25.5 Å². The van der Waals surface area contributed by atoms with Crippen molar-refractivity contribution in [1.82, 2.24) is 19.6 Å². The highest BCUT2D eigenvalue weighted by Gasteiger charge is 2.19. The van der Waals surface area contributed by atoms with Crippen LogP contribution in [-0.4, -0.2) is 65.5 Å². The molecule has 3 rings (SSSR count). The Hall–Kier alpha value is -1.42. The van der Waals surface area contributed by atoms with Crippen LogP contribution in [0.3, 0.4) is 0 Å². The number of ether oxygens (including phenoxy) is 1. The molecule has 0 aromatic carbocycles. The van der Waals surface area contributed by atoms with Crippen LogP contribution in [-0.2, 0) is 17.8 Å². The fourth-order valence-electron chi connectivity index (χ4n) is 2.67. The third kappa shape index (κ3) is 2.95. The molecule has 0 bridgehead atoms. The van der Waals surface area contributed by atoms with Crippen molar-refractivity contribution in [3.8, 4) is 6.07 Å². The summed E-state index contributed by atoms with van der Waals surface area (Å²) in [6.07, 6.45) is 0. The molecule has 1 saturated heterocycles. The summed E-state index contributed by atoms with van der Waals surface area (Å²) in [5, 5.41) is 13.1. The molecule has 1 aromatic rings. The van der Waals surface area contributed by atoms with Gasteiger partial charge in [0, 0.05) is 39.3 Å². The van der Waals surface area contributed by atoms with E-state index in [2.05, 4.69) is 21.0 Å². The van der Waals surface area contributed by atoms with Crippen LogP contribution in [0.25, 0.3) is 0 Å². The zero-order valence-corrected chi connectivity index (χ0v) is 11.1. The molecule has 2 aliphatic rings. The number of nitrogens with zero attached hydrogens (tertiary/aromatic N) is 5. The highest BCUT2D eigenvalue weighted by molar-refractivity contribution is 5.23. The van der Waals surface area contributed by atoms with Crippen LogP contribution in [0.2, 0.25) is 0 Å². The molecule has 0 atom stereocenters. The maximum absolute atomic E-state index is 8.87. The molecule has 0 aliphatic carbocycles. The monoisotopic (exact) mass is 261 g/mol. The zero-order chi connectivity index (χ0) is 13.1. The summed E-state index contributed by atoms with van der Waals surface area (Å²) < 4.78 is 7.32. The van der Waals surface area contributed by atoms with Crippen molar-refractivity contribution in [2.45, 2.75) is 13.1 Å². The fraction of sp³-hybridized carbons (Fsp3) is 0.692. The number of hydrogen-bond acceptors (Lipinski definition) is 5. The van der Waals surface area contributed by atoms with Gasteiger partial charge in [-0.3, -0.25) is 14.5 Å². The quantitative estimate of drug-likeness (QED) is 0.760. The minimum Gasteiger partial charge on any atom is -0.379 e. The van der Waals surface area contributed by atoms with E-state index in [1.807, 2.05) is 10.7 Å². The molecule has 0 amide bonds. The summed E-state index contributed by atoms with van der Waals surface area (Å²) in [5.41, 5.74) is 1.69. The summed E-state index contributed by atoms with van der Waals surface area (Å²) in [7, 11) is 0. The first-order chi connectivity index (χ1) is 9.35. The number of hydrogen-bond donors (Lipinski definition) is 0. The SMILES string of the molecule is N#Cc1cc2n(n1)CCN(CCN1CCOCC1)C2. The third-order valence-electron chi connectivity index (χ3n) is 3.83. The average Bonchev–Trinajstić information content (AvgIpc) is 2.88. The molecule has 6 nitrogen and oxygen atoms in total. The molecule has 0 saturated carbocycles. The van der Waals surface area contributed by atoms with E-state index in [4.69, 9.17) is 10.00 Å². The van der Waals surface area contributed by atoms with E-state index >= 15 is 0 Å². The van der Waals surface area contributed by atoms with E-state index < -0.39 is 0 Å². The molecule has 0 N–H and O–H groups in total. The minimum atomic E-state index is 0.532. The standard InChI is InChI=1S/C13H19N5O/c14-10-12-9-13-11-17(3-4-18(13)15-12)2-1-16-5-7-19-8-6-16/h9H,1-8,11H2. The molecule has 102 valence electrons. The smallest absolute Gasteiger partial charge is 0.162 e. The number of fused-ring (bicyclic) bond motifs is 1. The Balaban J connectivity index is 1.52. The summed E-state index contributed by atoms with van der Waals surface area (Å²) in [6.45, 7) is 8.80. The van der Waals surface area contributed by atoms with E-state index in [0.717, 1.165) is 64.7 Å². The molecule has 19 heavy (non-hydrogen) atoms. The second kappa shape index (κ2) is 5.70. The van der Waals surface area contributed by atoms with Crippen LogP contribution in [0.1, 0.15) is 11.4 Å². The number of morpholine rings is 1. The Labute approximate surface area is 113 Å². The van der Waals surface area contributed by atoms with Gasteiger partial charge in [0.25, 0.3) is 0 Å². The van der Waals surface area contributed by atoms with E-state index in [-0.39, 0.29) is 0 Å². The molecule has 0 spiro atoms. The highest BCUT2D eigenvalue weighted by Crippen LogP contribution is 2.13. The van der Waals surface area contributed by atoms with Gasteiger partial charge in [0.15, 0.2) is 5.69 Å². The van der Waals surface area contributed by atoms with Gasteiger partial charge in [-0.15, -0.1) is 0 Å². The Bertz CT molecular complexity index is 472. The molecule has 3 heterocycles. The van der Waals surface area contributed by atoms with Crippen LogP contribution in [0.4, 0.5) is 0 Å². The maximum atomic E-state index is 8.87. The Morgan fingerprint density at radius 2 is 1.95 bits per heavy atom. The van der Waals surface area contributed by atoms with Crippen LogP contribution >= 0.6 is 0 Å². The van der Waals surface area contributed by atoms with Crippen molar-refractivity contribution < 1.29 is 4.74 Å². The van der Waals surface area contributed by atoms with Gasteiger partial charge in [0.1, 0.15) is 6.07 Å². The lowest BCUT2D eigenvalue weighted by atomic mass is 10.3. The first-order valence-corrected chi connectivity index (χ1v) is 6.84. The molecule has 6 heteroatoms. The molecular formula is C13H19N5O. The van der Waals surface area contributed by atoms with Crippen LogP contribution < -0.4 is 0 Å². The predicted octanol–water partition coefficient (Wildman–Crippen LogP) is -0.0974. The lowest BCUT2D eigenvalue weighted by Crippen LogP contribution is -2.43. The zero-order valence-electron chi connectivity index (χ0n) is 11.1. The lowest BCUT2D eigenvalue weighted by molar-refractivity contribution is 0.0318. The van der Waals surface area contributed by atoms with E-state index in [9.17, 15) is 0 Å². The van der Waals surface area contributed by atoms with Gasteiger partial charge < -0.3 is 4.74 Å². The number of nitriles is 1. The Morgan fingerprint density at radius 1 is 1.16 bits per heavy atom. The van der Waals surface area contributed by atoms with Crippen LogP contribution in [0, 0.1) is 11.3 Å². The highest BCUT2D eigenvalue weighted by atomic mass is 16.5. The van der Waals surface area contributed by atoms with Crippen molar-refractivity contribution in [2.24, 2.45) is 0 Å². The maximum Gasteiger partial charge on any atom is 0.162 e. The minimum absolute atomic E-state index is 0.532. The first kappa shape index (κ1) is 12.6. The van der Waals surface area contributed by atoms with Gasteiger partial charge in [-0.2, -0.15) is 10.4 Å². The van der Waals surface area contributed by atoms with Crippen molar-refractivity contribution in [3.05, 3.63) is 17.5 Å². The summed E-state index contributed by atoms with van der Waals surface area (Å²) in [6, 6.07) is 4.01. The first-order valence-electron chi connectivity index (χ1n) is 6.84.